The zero-order valence-corrected chi connectivity index (χ0v) is 10.5. The monoisotopic (exact) mass is 245 g/mol. The molecule has 1 saturated heterocycles. The van der Waals surface area contributed by atoms with E-state index < -0.39 is 9.84 Å². The van der Waals surface area contributed by atoms with Gasteiger partial charge in [-0.2, -0.15) is 5.26 Å². The van der Waals surface area contributed by atoms with Gasteiger partial charge in [-0.05, 0) is 6.42 Å². The average Bonchev–Trinajstić information content (AvgIpc) is 2.27. The third-order valence-electron chi connectivity index (χ3n) is 2.71. The Morgan fingerprint density at radius 1 is 1.50 bits per heavy atom. The van der Waals surface area contributed by atoms with Gasteiger partial charge in [0.2, 0.25) is 0 Å². The second kappa shape index (κ2) is 6.18. The third kappa shape index (κ3) is 4.08. The summed E-state index contributed by atoms with van der Waals surface area (Å²) < 4.78 is 23.1. The van der Waals surface area contributed by atoms with Crippen molar-refractivity contribution in [3.05, 3.63) is 0 Å². The van der Waals surface area contributed by atoms with Crippen molar-refractivity contribution in [2.45, 2.75) is 19.4 Å². The first-order chi connectivity index (χ1) is 7.59. The number of nitriles is 1. The van der Waals surface area contributed by atoms with Crippen LogP contribution in [-0.4, -0.2) is 57.0 Å². The van der Waals surface area contributed by atoms with E-state index in [1.54, 1.807) is 0 Å². The van der Waals surface area contributed by atoms with Crippen LogP contribution < -0.4 is 5.32 Å². The van der Waals surface area contributed by atoms with Crippen LogP contribution in [0.15, 0.2) is 0 Å². The molecule has 1 heterocycles. The molecule has 16 heavy (non-hydrogen) atoms. The van der Waals surface area contributed by atoms with E-state index in [1.165, 1.54) is 0 Å². The SMILES string of the molecule is CCCS(=O)(=O)CCN1CCNCC1C#N. The lowest BCUT2D eigenvalue weighted by molar-refractivity contribution is 0.208. The predicted octanol–water partition coefficient (Wildman–Crippen LogP) is -0.391. The van der Waals surface area contributed by atoms with Crippen LogP contribution in [0.25, 0.3) is 0 Å². The quantitative estimate of drug-likeness (QED) is 0.714. The Hall–Kier alpha value is -0.640. The molecule has 0 bridgehead atoms. The summed E-state index contributed by atoms with van der Waals surface area (Å²) in [4.78, 5) is 1.95. The number of rotatable bonds is 5. The molecule has 1 rings (SSSR count). The minimum absolute atomic E-state index is 0.166. The van der Waals surface area contributed by atoms with Gasteiger partial charge in [-0.25, -0.2) is 8.42 Å². The molecule has 0 aromatic carbocycles. The summed E-state index contributed by atoms with van der Waals surface area (Å²) >= 11 is 0. The first-order valence-electron chi connectivity index (χ1n) is 5.64. The highest BCUT2D eigenvalue weighted by Crippen LogP contribution is 2.03. The number of nitrogens with one attached hydrogen (secondary N) is 1. The van der Waals surface area contributed by atoms with E-state index in [-0.39, 0.29) is 17.5 Å². The second-order valence-electron chi connectivity index (χ2n) is 4.04. The van der Waals surface area contributed by atoms with E-state index in [1.807, 2.05) is 11.8 Å². The molecule has 1 atom stereocenters. The summed E-state index contributed by atoms with van der Waals surface area (Å²) in [5.74, 6) is 0.412. The van der Waals surface area contributed by atoms with Gasteiger partial charge < -0.3 is 5.32 Å². The van der Waals surface area contributed by atoms with Crippen molar-refractivity contribution in [2.24, 2.45) is 0 Å². The summed E-state index contributed by atoms with van der Waals surface area (Å²) in [6.07, 6.45) is 0.658. The zero-order chi connectivity index (χ0) is 12.0. The molecule has 92 valence electrons. The minimum Gasteiger partial charge on any atom is -0.313 e. The highest BCUT2D eigenvalue weighted by molar-refractivity contribution is 7.91. The van der Waals surface area contributed by atoms with Gasteiger partial charge in [0.1, 0.15) is 6.04 Å². The topological polar surface area (TPSA) is 73.2 Å². The lowest BCUT2D eigenvalue weighted by Gasteiger charge is -2.31. The van der Waals surface area contributed by atoms with Crippen molar-refractivity contribution in [3.8, 4) is 6.07 Å². The van der Waals surface area contributed by atoms with Gasteiger partial charge in [-0.1, -0.05) is 6.92 Å². The molecule has 1 N–H and O–H groups in total. The molecule has 0 aromatic heterocycles. The van der Waals surface area contributed by atoms with Crippen molar-refractivity contribution in [1.82, 2.24) is 10.2 Å². The van der Waals surface area contributed by atoms with Crippen molar-refractivity contribution in [2.75, 3.05) is 37.7 Å². The van der Waals surface area contributed by atoms with E-state index in [4.69, 9.17) is 5.26 Å². The molecule has 0 radical (unpaired) electrons. The maximum absolute atomic E-state index is 11.5. The largest absolute Gasteiger partial charge is 0.313 e. The minimum atomic E-state index is -2.93. The van der Waals surface area contributed by atoms with Crippen LogP contribution >= 0.6 is 0 Å². The average molecular weight is 245 g/mol. The molecule has 0 aromatic rings. The second-order valence-corrected chi connectivity index (χ2v) is 6.34. The normalized spacial score (nSPS) is 22.9. The highest BCUT2D eigenvalue weighted by atomic mass is 32.2. The van der Waals surface area contributed by atoms with Crippen molar-refractivity contribution in [1.29, 1.82) is 5.26 Å². The molecular formula is C10H19N3O2S. The van der Waals surface area contributed by atoms with E-state index >= 15 is 0 Å². The van der Waals surface area contributed by atoms with Crippen molar-refractivity contribution >= 4 is 9.84 Å². The molecule has 1 unspecified atom stereocenters. The molecule has 6 heteroatoms. The molecule has 1 aliphatic heterocycles. The maximum atomic E-state index is 11.5. The lowest BCUT2D eigenvalue weighted by atomic mass is 10.2. The lowest BCUT2D eigenvalue weighted by Crippen LogP contribution is -2.51. The number of sulfone groups is 1. The Morgan fingerprint density at radius 3 is 2.88 bits per heavy atom. The Morgan fingerprint density at radius 2 is 2.25 bits per heavy atom. The highest BCUT2D eigenvalue weighted by Gasteiger charge is 2.23. The van der Waals surface area contributed by atoms with Crippen LogP contribution in [0.3, 0.4) is 0 Å². The fourth-order valence-electron chi connectivity index (χ4n) is 1.81. The molecular weight excluding hydrogens is 226 g/mol. The fourth-order valence-corrected chi connectivity index (χ4v) is 3.15. The van der Waals surface area contributed by atoms with Gasteiger partial charge in [0, 0.05) is 31.9 Å². The molecule has 1 fully saturated rings. The first-order valence-corrected chi connectivity index (χ1v) is 7.46. The fraction of sp³-hybridized carbons (Fsp3) is 0.900. The summed E-state index contributed by atoms with van der Waals surface area (Å²) in [5.41, 5.74) is 0. The van der Waals surface area contributed by atoms with Crippen LogP contribution in [0.1, 0.15) is 13.3 Å². The van der Waals surface area contributed by atoms with Gasteiger partial charge >= 0.3 is 0 Å². The van der Waals surface area contributed by atoms with Crippen molar-refractivity contribution < 1.29 is 8.42 Å². The van der Waals surface area contributed by atoms with Gasteiger partial charge in [0.25, 0.3) is 0 Å². The number of piperazine rings is 1. The van der Waals surface area contributed by atoms with E-state index in [0.717, 1.165) is 13.1 Å². The number of nitrogens with zero attached hydrogens (tertiary/aromatic N) is 2. The summed E-state index contributed by atoms with van der Waals surface area (Å²) in [5, 5.41) is 12.0. The number of hydrogen-bond donors (Lipinski definition) is 1. The zero-order valence-electron chi connectivity index (χ0n) is 9.65. The summed E-state index contributed by atoms with van der Waals surface area (Å²) in [6, 6.07) is 2.00. The molecule has 1 aliphatic rings. The van der Waals surface area contributed by atoms with E-state index in [2.05, 4.69) is 11.4 Å². The summed E-state index contributed by atoms with van der Waals surface area (Å²) in [7, 11) is -2.93. The van der Waals surface area contributed by atoms with Gasteiger partial charge in [-0.15, -0.1) is 0 Å². The third-order valence-corrected chi connectivity index (χ3v) is 4.54. The Bertz CT molecular complexity index is 348. The van der Waals surface area contributed by atoms with E-state index in [0.29, 0.717) is 19.5 Å². The van der Waals surface area contributed by atoms with Crippen LogP contribution in [0.2, 0.25) is 0 Å². The van der Waals surface area contributed by atoms with Crippen LogP contribution in [0.5, 0.6) is 0 Å². The molecule has 5 nitrogen and oxygen atoms in total. The van der Waals surface area contributed by atoms with E-state index in [9.17, 15) is 8.42 Å². The molecule has 0 aliphatic carbocycles. The first kappa shape index (κ1) is 13.4. The van der Waals surface area contributed by atoms with Crippen LogP contribution in [0, 0.1) is 11.3 Å². The van der Waals surface area contributed by atoms with Gasteiger partial charge in [0.05, 0.1) is 11.8 Å². The molecule has 0 saturated carbocycles. The van der Waals surface area contributed by atoms with Crippen LogP contribution in [-0.2, 0) is 9.84 Å². The molecule has 0 amide bonds. The van der Waals surface area contributed by atoms with Gasteiger partial charge in [-0.3, -0.25) is 4.90 Å². The smallest absolute Gasteiger partial charge is 0.151 e. The van der Waals surface area contributed by atoms with Gasteiger partial charge in [0.15, 0.2) is 9.84 Å². The van der Waals surface area contributed by atoms with Crippen LogP contribution in [0.4, 0.5) is 0 Å². The molecule has 0 spiro atoms. The maximum Gasteiger partial charge on any atom is 0.151 e. The number of hydrogen-bond acceptors (Lipinski definition) is 5. The van der Waals surface area contributed by atoms with Crippen molar-refractivity contribution in [3.63, 3.8) is 0 Å². The Balaban J connectivity index is 2.45. The standard InChI is InChI=1S/C10H19N3O2S/c1-2-6-16(14,15)7-5-13-4-3-12-9-10(13)8-11/h10,12H,2-7,9H2,1H3. The Kier molecular flexibility index (Phi) is 5.19. The summed E-state index contributed by atoms with van der Waals surface area (Å²) in [6.45, 7) is 4.54. The predicted molar refractivity (Wildman–Crippen MR) is 62.8 cm³/mol. The Labute approximate surface area is 97.3 Å².